The molecule has 0 saturated carbocycles. The van der Waals surface area contributed by atoms with Crippen molar-refractivity contribution in [2.45, 2.75) is 24.5 Å². The molecule has 1 atom stereocenters. The van der Waals surface area contributed by atoms with E-state index in [4.69, 9.17) is 9.47 Å². The zero-order valence-corrected chi connectivity index (χ0v) is 17.6. The van der Waals surface area contributed by atoms with Gasteiger partial charge in [0, 0.05) is 17.3 Å². The fourth-order valence-corrected chi connectivity index (χ4v) is 3.47. The number of hydrogen-bond donors (Lipinski definition) is 1. The fraction of sp³-hybridized carbons (Fsp3) is 0.217. The van der Waals surface area contributed by atoms with Crippen molar-refractivity contribution in [2.75, 3.05) is 12.9 Å². The van der Waals surface area contributed by atoms with Crippen molar-refractivity contribution in [3.8, 4) is 11.5 Å². The number of hydrogen-bond acceptors (Lipinski definition) is 5. The average molecular weight is 427 g/mol. The van der Waals surface area contributed by atoms with Crippen LogP contribution in [-0.4, -0.2) is 23.8 Å². The summed E-state index contributed by atoms with van der Waals surface area (Å²) in [5, 5.41) is 2.97. The molecule has 0 radical (unpaired) electrons. The van der Waals surface area contributed by atoms with E-state index in [1.54, 1.807) is 31.6 Å². The van der Waals surface area contributed by atoms with Gasteiger partial charge in [-0.25, -0.2) is 4.39 Å². The van der Waals surface area contributed by atoms with E-state index in [1.165, 1.54) is 23.9 Å². The lowest BCUT2D eigenvalue weighted by Gasteiger charge is -2.17. The number of nitrogens with one attached hydrogen (secondary N) is 1. The van der Waals surface area contributed by atoms with Crippen LogP contribution >= 0.6 is 11.8 Å². The van der Waals surface area contributed by atoms with Crippen LogP contribution in [0.15, 0.2) is 71.9 Å². The average Bonchev–Trinajstić information content (AvgIpc) is 2.77. The van der Waals surface area contributed by atoms with E-state index in [-0.39, 0.29) is 23.5 Å². The lowest BCUT2D eigenvalue weighted by Crippen LogP contribution is -2.28. The third-order valence-corrected chi connectivity index (χ3v) is 5.40. The van der Waals surface area contributed by atoms with Crippen LogP contribution in [0.1, 0.15) is 24.1 Å². The first kappa shape index (κ1) is 21.6. The maximum Gasteiger partial charge on any atom is 0.230 e. The van der Waals surface area contributed by atoms with Crippen molar-refractivity contribution in [3.63, 3.8) is 0 Å². The molecule has 1 unspecified atom stereocenters. The van der Waals surface area contributed by atoms with E-state index in [1.807, 2.05) is 37.3 Å². The van der Waals surface area contributed by atoms with Gasteiger partial charge >= 0.3 is 0 Å². The van der Waals surface area contributed by atoms with Crippen LogP contribution in [0.25, 0.3) is 0 Å². The third-order valence-electron chi connectivity index (χ3n) is 4.39. The van der Waals surface area contributed by atoms with Crippen LogP contribution < -0.4 is 14.8 Å². The number of ether oxygens (including phenoxy) is 2. The van der Waals surface area contributed by atoms with Crippen LogP contribution in [0.5, 0.6) is 11.5 Å². The number of carbonyl (C=O) groups excluding carboxylic acids is 1. The van der Waals surface area contributed by atoms with Gasteiger partial charge in [-0.2, -0.15) is 0 Å². The standard InChI is InChI=1S/C23H23FN2O3S/c1-16(26-23(27)15-30-20-6-4-19(24)5-7-20)18-3-8-21(22(13-18)28-2)29-14-17-9-11-25-12-10-17/h3-13,16H,14-15H2,1-2H3,(H,26,27). The predicted molar refractivity (Wildman–Crippen MR) is 115 cm³/mol. The minimum absolute atomic E-state index is 0.103. The number of methoxy groups -OCH3 is 1. The van der Waals surface area contributed by atoms with E-state index < -0.39 is 0 Å². The predicted octanol–water partition coefficient (Wildman–Crippen LogP) is 4.78. The van der Waals surface area contributed by atoms with Crippen molar-refractivity contribution in [1.82, 2.24) is 10.3 Å². The van der Waals surface area contributed by atoms with Gasteiger partial charge in [0.05, 0.1) is 18.9 Å². The van der Waals surface area contributed by atoms with Crippen molar-refractivity contribution in [3.05, 3.63) is 83.9 Å². The zero-order chi connectivity index (χ0) is 21.3. The van der Waals surface area contributed by atoms with Crippen LogP contribution in [0.4, 0.5) is 4.39 Å². The van der Waals surface area contributed by atoms with Gasteiger partial charge in [0.2, 0.25) is 5.91 Å². The number of rotatable bonds is 9. The van der Waals surface area contributed by atoms with Crippen LogP contribution in [0.3, 0.4) is 0 Å². The molecule has 0 fully saturated rings. The molecule has 0 bridgehead atoms. The summed E-state index contributed by atoms with van der Waals surface area (Å²) >= 11 is 1.36. The van der Waals surface area contributed by atoms with Crippen molar-refractivity contribution in [2.24, 2.45) is 0 Å². The molecule has 0 spiro atoms. The summed E-state index contributed by atoms with van der Waals surface area (Å²) in [5.41, 5.74) is 1.92. The molecular weight excluding hydrogens is 403 g/mol. The third kappa shape index (κ3) is 6.22. The number of halogens is 1. The van der Waals surface area contributed by atoms with E-state index in [0.717, 1.165) is 16.0 Å². The summed E-state index contributed by atoms with van der Waals surface area (Å²) < 4.78 is 24.3. The number of amides is 1. The first-order valence-corrected chi connectivity index (χ1v) is 10.4. The summed E-state index contributed by atoms with van der Waals surface area (Å²) in [6, 6.07) is 15.3. The number of benzene rings is 2. The highest BCUT2D eigenvalue weighted by Crippen LogP contribution is 2.31. The molecule has 30 heavy (non-hydrogen) atoms. The number of thioether (sulfide) groups is 1. The lowest BCUT2D eigenvalue weighted by molar-refractivity contribution is -0.119. The second-order valence-electron chi connectivity index (χ2n) is 6.59. The molecule has 3 aromatic rings. The molecule has 0 aliphatic heterocycles. The highest BCUT2D eigenvalue weighted by molar-refractivity contribution is 8.00. The van der Waals surface area contributed by atoms with Gasteiger partial charge in [-0.05, 0) is 66.6 Å². The molecule has 0 aliphatic rings. The maximum atomic E-state index is 13.0. The Morgan fingerprint density at radius 3 is 2.53 bits per heavy atom. The van der Waals surface area contributed by atoms with Crippen molar-refractivity contribution >= 4 is 17.7 Å². The number of pyridine rings is 1. The second kappa shape index (κ2) is 10.6. The van der Waals surface area contributed by atoms with Crippen LogP contribution in [0, 0.1) is 5.82 Å². The summed E-state index contributed by atoms with van der Waals surface area (Å²) in [6.07, 6.45) is 3.44. The molecule has 7 heteroatoms. The molecule has 5 nitrogen and oxygen atoms in total. The molecule has 1 N–H and O–H groups in total. The monoisotopic (exact) mass is 426 g/mol. The van der Waals surface area contributed by atoms with E-state index in [2.05, 4.69) is 10.3 Å². The molecule has 1 heterocycles. The van der Waals surface area contributed by atoms with Gasteiger partial charge in [-0.1, -0.05) is 6.07 Å². The van der Waals surface area contributed by atoms with Gasteiger partial charge in [-0.3, -0.25) is 9.78 Å². The van der Waals surface area contributed by atoms with Gasteiger partial charge < -0.3 is 14.8 Å². The maximum absolute atomic E-state index is 13.0. The number of nitrogens with zero attached hydrogens (tertiary/aromatic N) is 1. The minimum atomic E-state index is -0.292. The molecule has 1 aromatic heterocycles. The van der Waals surface area contributed by atoms with Crippen molar-refractivity contribution < 1.29 is 18.7 Å². The zero-order valence-electron chi connectivity index (χ0n) is 16.8. The minimum Gasteiger partial charge on any atom is -0.493 e. The summed E-state index contributed by atoms with van der Waals surface area (Å²) in [7, 11) is 1.58. The molecule has 0 saturated heterocycles. The molecular formula is C23H23FN2O3S. The van der Waals surface area contributed by atoms with E-state index in [9.17, 15) is 9.18 Å². The molecule has 0 aliphatic carbocycles. The Labute approximate surface area is 179 Å². The van der Waals surface area contributed by atoms with Crippen molar-refractivity contribution in [1.29, 1.82) is 0 Å². The van der Waals surface area contributed by atoms with E-state index in [0.29, 0.717) is 18.1 Å². The van der Waals surface area contributed by atoms with Gasteiger partial charge in [0.25, 0.3) is 0 Å². The Hall–Kier alpha value is -3.06. The van der Waals surface area contributed by atoms with Gasteiger partial charge in [0.15, 0.2) is 11.5 Å². The molecule has 156 valence electrons. The Morgan fingerprint density at radius 2 is 1.83 bits per heavy atom. The van der Waals surface area contributed by atoms with Crippen LogP contribution in [0.2, 0.25) is 0 Å². The Kier molecular flexibility index (Phi) is 7.68. The second-order valence-corrected chi connectivity index (χ2v) is 7.63. The molecule has 1 amide bonds. The number of aromatic nitrogens is 1. The highest BCUT2D eigenvalue weighted by Gasteiger charge is 2.13. The quantitative estimate of drug-likeness (QED) is 0.499. The first-order chi connectivity index (χ1) is 14.5. The summed E-state index contributed by atoms with van der Waals surface area (Å²) in [4.78, 5) is 17.1. The number of carbonyl (C=O) groups is 1. The van der Waals surface area contributed by atoms with Crippen LogP contribution in [-0.2, 0) is 11.4 Å². The highest BCUT2D eigenvalue weighted by atomic mass is 32.2. The Morgan fingerprint density at radius 1 is 1.10 bits per heavy atom. The Balaban J connectivity index is 1.56. The topological polar surface area (TPSA) is 60.5 Å². The van der Waals surface area contributed by atoms with Gasteiger partial charge in [0.1, 0.15) is 12.4 Å². The summed E-state index contributed by atoms with van der Waals surface area (Å²) in [5.74, 6) is 1.08. The lowest BCUT2D eigenvalue weighted by atomic mass is 10.1. The molecule has 3 rings (SSSR count). The normalized spacial score (nSPS) is 11.6. The smallest absolute Gasteiger partial charge is 0.230 e. The largest absolute Gasteiger partial charge is 0.493 e. The van der Waals surface area contributed by atoms with Gasteiger partial charge in [-0.15, -0.1) is 11.8 Å². The Bertz CT molecular complexity index is 968. The van der Waals surface area contributed by atoms with E-state index >= 15 is 0 Å². The SMILES string of the molecule is COc1cc(C(C)NC(=O)CSc2ccc(F)cc2)ccc1OCc1ccncc1. The summed E-state index contributed by atoms with van der Waals surface area (Å²) in [6.45, 7) is 2.32. The molecule has 2 aromatic carbocycles. The fourth-order valence-electron chi connectivity index (χ4n) is 2.76. The first-order valence-electron chi connectivity index (χ1n) is 9.42.